The number of carbonyl (C=O) groups is 1. The van der Waals surface area contributed by atoms with Gasteiger partial charge < -0.3 is 9.47 Å². The lowest BCUT2D eigenvalue weighted by molar-refractivity contribution is -0.141. The van der Waals surface area contributed by atoms with Gasteiger partial charge in [-0.3, -0.25) is 4.98 Å². The second-order valence-electron chi connectivity index (χ2n) is 10.2. The number of fused-ring (bicyclic) bond motifs is 1. The van der Waals surface area contributed by atoms with Crippen molar-refractivity contribution < 1.29 is 53.8 Å². The van der Waals surface area contributed by atoms with Crippen molar-refractivity contribution in [2.45, 2.75) is 44.9 Å². The molecule has 0 aliphatic rings. The number of amides is 1. The quantitative estimate of drug-likeness (QED) is 0.220. The second-order valence-corrected chi connectivity index (χ2v) is 10.2. The van der Waals surface area contributed by atoms with Crippen molar-refractivity contribution >= 4 is 17.3 Å². The highest BCUT2D eigenvalue weighted by molar-refractivity contribution is 5.88. The summed E-state index contributed by atoms with van der Waals surface area (Å²) in [5, 5.41) is 0.676. The average Bonchev–Trinajstić information content (AvgIpc) is 3.28. The molecule has 0 bridgehead atoms. The van der Waals surface area contributed by atoms with E-state index in [0.717, 1.165) is 31.0 Å². The van der Waals surface area contributed by atoms with Gasteiger partial charge in [-0.1, -0.05) is 0 Å². The first-order chi connectivity index (χ1) is 20.1. The molecule has 0 saturated carbocycles. The van der Waals surface area contributed by atoms with Crippen molar-refractivity contribution in [3.05, 3.63) is 53.5 Å². The van der Waals surface area contributed by atoms with Gasteiger partial charge in [-0.25, -0.2) is 29.4 Å². The molecule has 3 aromatic heterocycles. The van der Waals surface area contributed by atoms with E-state index in [0.29, 0.717) is 29.4 Å². The number of imidazole rings is 1. The number of pyridine rings is 1. The van der Waals surface area contributed by atoms with Crippen molar-refractivity contribution in [1.82, 2.24) is 24.6 Å². The molecule has 4 aromatic rings. The van der Waals surface area contributed by atoms with Crippen LogP contribution in [0.2, 0.25) is 0 Å². The number of methoxy groups -OCH3 is 1. The van der Waals surface area contributed by atoms with E-state index in [1.807, 2.05) is 0 Å². The number of alkyl halides is 9. The summed E-state index contributed by atoms with van der Waals surface area (Å²) < 4.78 is 133. The smallest absolute Gasteiger partial charge is 0.435 e. The minimum atomic E-state index is -5.22. The summed E-state index contributed by atoms with van der Waals surface area (Å²) in [5.74, 6) is -1.74. The minimum Gasteiger partial charge on any atom is -0.496 e. The third-order valence-corrected chi connectivity index (χ3v) is 5.79. The molecule has 1 aromatic carbocycles. The first-order valence-corrected chi connectivity index (χ1v) is 12.3. The van der Waals surface area contributed by atoms with E-state index in [1.54, 1.807) is 0 Å². The number of benzene rings is 1. The lowest BCUT2D eigenvalue weighted by atomic mass is 10.1. The van der Waals surface area contributed by atoms with Crippen molar-refractivity contribution in [2.24, 2.45) is 0 Å². The molecule has 0 radical (unpaired) electrons. The summed E-state index contributed by atoms with van der Waals surface area (Å²) >= 11 is 0. The van der Waals surface area contributed by atoms with Crippen LogP contribution in [0.4, 0.5) is 44.3 Å². The monoisotopic (exact) mass is 636 g/mol. The van der Waals surface area contributed by atoms with Gasteiger partial charge in [0.15, 0.2) is 23.0 Å². The highest BCUT2D eigenvalue weighted by Crippen LogP contribution is 2.40. The van der Waals surface area contributed by atoms with Gasteiger partial charge in [-0.15, -0.1) is 0 Å². The van der Waals surface area contributed by atoms with Crippen LogP contribution < -0.4 is 9.75 Å². The highest BCUT2D eigenvalue weighted by Gasteiger charge is 2.40. The fourth-order valence-corrected chi connectivity index (χ4v) is 3.89. The number of rotatable bonds is 4. The summed E-state index contributed by atoms with van der Waals surface area (Å²) in [6, 6.07) is 3.41. The van der Waals surface area contributed by atoms with E-state index in [-0.39, 0.29) is 11.1 Å². The van der Waals surface area contributed by atoms with Crippen LogP contribution in [-0.4, -0.2) is 50.5 Å². The van der Waals surface area contributed by atoms with Crippen LogP contribution in [0, 0.1) is 0 Å². The zero-order valence-electron chi connectivity index (χ0n) is 23.3. The van der Waals surface area contributed by atoms with Gasteiger partial charge in [-0.05, 0) is 51.1 Å². The lowest BCUT2D eigenvalue weighted by Crippen LogP contribution is -2.41. The predicted molar refractivity (Wildman–Crippen MR) is 136 cm³/mol. The molecule has 0 saturated heterocycles. The Labute approximate surface area is 242 Å². The zero-order chi connectivity index (χ0) is 33.0. The molecule has 0 spiro atoms. The van der Waals surface area contributed by atoms with Crippen LogP contribution >= 0.6 is 0 Å². The number of hydrogen-bond acceptors (Lipinski definition) is 7. The summed E-state index contributed by atoms with van der Waals surface area (Å²) in [5.41, 5.74) is -7.48. The third kappa shape index (κ3) is 6.47. The number of ether oxygens (including phenoxy) is 2. The van der Waals surface area contributed by atoms with Crippen molar-refractivity contribution in [2.75, 3.05) is 19.2 Å². The van der Waals surface area contributed by atoms with Gasteiger partial charge in [0.05, 0.1) is 18.2 Å². The molecule has 44 heavy (non-hydrogen) atoms. The molecule has 0 aliphatic carbocycles. The Balaban J connectivity index is 2.08. The zero-order valence-corrected chi connectivity index (χ0v) is 23.3. The molecule has 0 unspecified atom stereocenters. The molecule has 3 heterocycles. The normalized spacial score (nSPS) is 12.9. The number of carbonyl (C=O) groups excluding carboxylic acids is 1. The largest absolute Gasteiger partial charge is 0.496 e. The lowest BCUT2D eigenvalue weighted by Gasteiger charge is -2.26. The topological polar surface area (TPSA) is 95.3 Å². The van der Waals surface area contributed by atoms with Crippen LogP contribution in [0.25, 0.3) is 33.9 Å². The fourth-order valence-electron chi connectivity index (χ4n) is 3.89. The van der Waals surface area contributed by atoms with E-state index in [9.17, 15) is 44.3 Å². The summed E-state index contributed by atoms with van der Waals surface area (Å²) in [7, 11) is 2.09. The van der Waals surface area contributed by atoms with Crippen molar-refractivity contribution in [3.63, 3.8) is 0 Å². The Morgan fingerprint density at radius 1 is 0.864 bits per heavy atom. The molecule has 0 atom stereocenters. The Hall–Kier alpha value is -4.64. The summed E-state index contributed by atoms with van der Waals surface area (Å²) in [6.07, 6.45) is -15.4. The molecule has 9 nitrogen and oxygen atoms in total. The minimum absolute atomic E-state index is 0.278. The molecular formula is C26H21F9N6O3. The predicted octanol–water partition coefficient (Wildman–Crippen LogP) is 7.12. The second kappa shape index (κ2) is 10.8. The third-order valence-electron chi connectivity index (χ3n) is 5.79. The molecular weight excluding hydrogens is 615 g/mol. The van der Waals surface area contributed by atoms with Crippen LogP contribution in [0.1, 0.15) is 37.7 Å². The van der Waals surface area contributed by atoms with E-state index in [2.05, 4.69) is 19.9 Å². The maximum Gasteiger partial charge on any atom is 0.435 e. The van der Waals surface area contributed by atoms with Crippen LogP contribution in [0.3, 0.4) is 0 Å². The van der Waals surface area contributed by atoms with Gasteiger partial charge >= 0.3 is 24.6 Å². The van der Waals surface area contributed by atoms with Crippen LogP contribution in [0.5, 0.6) is 5.75 Å². The van der Waals surface area contributed by atoms with E-state index in [4.69, 9.17) is 9.47 Å². The molecule has 0 fully saturated rings. The molecule has 4 rings (SSSR count). The molecule has 0 N–H and O–H groups in total. The SMILES string of the molecule is COc1cc(C(F)(F)F)ccc1-c1nc2c(C(F)(F)F)nc(-c3ccc(C(F)(F)F)nc3)nc2n1N(C)C(=O)OC(C)(C)C. The van der Waals surface area contributed by atoms with Crippen LogP contribution in [0.15, 0.2) is 36.5 Å². The highest BCUT2D eigenvalue weighted by atomic mass is 19.4. The number of aromatic nitrogens is 5. The van der Waals surface area contributed by atoms with Gasteiger partial charge in [0, 0.05) is 18.8 Å². The number of nitrogens with zero attached hydrogens (tertiary/aromatic N) is 6. The van der Waals surface area contributed by atoms with Gasteiger partial charge in [0.2, 0.25) is 0 Å². The van der Waals surface area contributed by atoms with Gasteiger partial charge in [0.25, 0.3) is 0 Å². The summed E-state index contributed by atoms with van der Waals surface area (Å²) in [6.45, 7) is 4.51. The Morgan fingerprint density at radius 2 is 1.52 bits per heavy atom. The number of hydrogen-bond donors (Lipinski definition) is 0. The average molecular weight is 636 g/mol. The summed E-state index contributed by atoms with van der Waals surface area (Å²) in [4.78, 5) is 27.8. The Bertz CT molecular complexity index is 1710. The van der Waals surface area contributed by atoms with Crippen LogP contribution in [-0.2, 0) is 23.3 Å². The van der Waals surface area contributed by atoms with E-state index >= 15 is 0 Å². The first-order valence-electron chi connectivity index (χ1n) is 12.3. The molecule has 1 amide bonds. The van der Waals surface area contributed by atoms with Gasteiger partial charge in [-0.2, -0.15) is 39.5 Å². The Kier molecular flexibility index (Phi) is 7.93. The van der Waals surface area contributed by atoms with E-state index in [1.165, 1.54) is 20.8 Å². The molecule has 18 heteroatoms. The van der Waals surface area contributed by atoms with Crippen molar-refractivity contribution in [1.29, 1.82) is 0 Å². The van der Waals surface area contributed by atoms with Gasteiger partial charge in [0.1, 0.15) is 22.6 Å². The number of halogens is 9. The fraction of sp³-hybridized carbons (Fsp3) is 0.346. The maximum atomic E-state index is 14.3. The van der Waals surface area contributed by atoms with Crippen molar-refractivity contribution in [3.8, 4) is 28.5 Å². The Morgan fingerprint density at radius 3 is 2.02 bits per heavy atom. The molecule has 236 valence electrons. The maximum absolute atomic E-state index is 14.3. The van der Waals surface area contributed by atoms with E-state index < -0.39 is 75.7 Å². The first kappa shape index (κ1) is 32.3. The molecule has 0 aliphatic heterocycles. The standard InChI is InChI=1S/C26H21F9N6O3/c1-23(2,3)44-22(42)40(4)41-20(14-8-7-13(24(27,28)29)10-15(14)43-5)37-17-18(26(33,34)35)38-19(39-21(17)41)12-6-9-16(36-11-12)25(30,31)32/h6-11H,1-5H3.